The predicted molar refractivity (Wildman–Crippen MR) is 81.2 cm³/mol. The van der Waals surface area contributed by atoms with E-state index in [4.69, 9.17) is 10.5 Å². The number of carbonyl (C=O) groups excluding carboxylic acids is 1. The molecule has 0 saturated heterocycles. The molecule has 1 aliphatic carbocycles. The Balaban J connectivity index is 1.88. The molecule has 20 heavy (non-hydrogen) atoms. The van der Waals surface area contributed by atoms with Gasteiger partial charge in [0.25, 0.3) is 5.91 Å². The highest BCUT2D eigenvalue weighted by Crippen LogP contribution is 2.29. The van der Waals surface area contributed by atoms with Gasteiger partial charge in [-0.05, 0) is 25.2 Å². The summed E-state index contributed by atoms with van der Waals surface area (Å²) in [7, 11) is 1.65. The molecule has 0 aromatic carbocycles. The van der Waals surface area contributed by atoms with Gasteiger partial charge in [-0.1, -0.05) is 18.3 Å². The van der Waals surface area contributed by atoms with Crippen LogP contribution in [0.15, 0.2) is 0 Å². The van der Waals surface area contributed by atoms with E-state index in [1.54, 1.807) is 7.11 Å². The minimum absolute atomic E-state index is 0.162. The zero-order valence-electron chi connectivity index (χ0n) is 11.9. The molecule has 6 nitrogen and oxygen atoms in total. The van der Waals surface area contributed by atoms with Gasteiger partial charge in [0.2, 0.25) is 0 Å². The fraction of sp³-hybridized carbons (Fsp3) is 0.692. The highest BCUT2D eigenvalue weighted by molar-refractivity contribution is 7.18. The molecule has 0 aliphatic heterocycles. The number of nitrogens with zero attached hydrogens (tertiary/aromatic N) is 1. The highest BCUT2D eigenvalue weighted by Gasteiger charge is 2.21. The molecule has 1 saturated carbocycles. The van der Waals surface area contributed by atoms with Crippen molar-refractivity contribution in [3.63, 3.8) is 0 Å². The molecule has 1 aliphatic rings. The van der Waals surface area contributed by atoms with E-state index in [2.05, 4.69) is 15.6 Å². The van der Waals surface area contributed by atoms with Crippen molar-refractivity contribution in [2.75, 3.05) is 31.3 Å². The maximum atomic E-state index is 12.1. The second-order valence-corrected chi connectivity index (χ2v) is 6.28. The van der Waals surface area contributed by atoms with Crippen LogP contribution < -0.4 is 16.4 Å². The molecule has 0 bridgehead atoms. The van der Waals surface area contributed by atoms with Gasteiger partial charge in [0.1, 0.15) is 10.7 Å². The number of methoxy groups -OCH3 is 1. The smallest absolute Gasteiger partial charge is 0.265 e. The Kier molecular flexibility index (Phi) is 5.19. The zero-order chi connectivity index (χ0) is 14.5. The summed E-state index contributed by atoms with van der Waals surface area (Å²) in [4.78, 5) is 16.8. The number of nitrogens with one attached hydrogen (secondary N) is 2. The third kappa shape index (κ3) is 3.83. The Hall–Kier alpha value is -1.34. The lowest BCUT2D eigenvalue weighted by atomic mass is 9.93. The second-order valence-electron chi connectivity index (χ2n) is 5.28. The maximum Gasteiger partial charge on any atom is 0.265 e. The molecule has 0 spiro atoms. The largest absolute Gasteiger partial charge is 0.384 e. The summed E-state index contributed by atoms with van der Waals surface area (Å²) in [5.41, 5.74) is 5.82. The van der Waals surface area contributed by atoms with Gasteiger partial charge in [0.15, 0.2) is 5.13 Å². The van der Waals surface area contributed by atoms with Crippen molar-refractivity contribution >= 4 is 28.2 Å². The molecular formula is C13H22N4O2S. The molecule has 1 amide bonds. The van der Waals surface area contributed by atoms with Crippen LogP contribution in [0, 0.1) is 5.92 Å². The quantitative estimate of drug-likeness (QED) is 0.713. The van der Waals surface area contributed by atoms with Crippen LogP contribution in [0.25, 0.3) is 0 Å². The van der Waals surface area contributed by atoms with Gasteiger partial charge in [-0.3, -0.25) is 4.79 Å². The van der Waals surface area contributed by atoms with Crippen LogP contribution in [0.5, 0.6) is 0 Å². The number of rotatable bonds is 7. The van der Waals surface area contributed by atoms with E-state index >= 15 is 0 Å². The zero-order valence-corrected chi connectivity index (χ0v) is 12.8. The number of hydrogen-bond acceptors (Lipinski definition) is 6. The van der Waals surface area contributed by atoms with Crippen molar-refractivity contribution < 1.29 is 9.53 Å². The van der Waals surface area contributed by atoms with Crippen LogP contribution >= 0.6 is 11.3 Å². The lowest BCUT2D eigenvalue weighted by Gasteiger charge is -2.25. The summed E-state index contributed by atoms with van der Waals surface area (Å²) in [5, 5.41) is 6.91. The third-order valence-corrected chi connectivity index (χ3v) is 4.36. The van der Waals surface area contributed by atoms with E-state index in [1.807, 2.05) is 6.92 Å². The summed E-state index contributed by atoms with van der Waals surface area (Å²) in [6.07, 6.45) is 3.58. The topological polar surface area (TPSA) is 89.3 Å². The molecule has 0 radical (unpaired) electrons. The normalized spacial score (nSPS) is 16.5. The van der Waals surface area contributed by atoms with E-state index in [9.17, 15) is 4.79 Å². The SMILES string of the molecule is COCC(C)CNC(=O)c1sc(NC2CCC2)nc1N. The molecule has 7 heteroatoms. The number of carbonyl (C=O) groups is 1. The van der Waals surface area contributed by atoms with Gasteiger partial charge in [-0.2, -0.15) is 0 Å². The van der Waals surface area contributed by atoms with Crippen molar-refractivity contribution in [1.82, 2.24) is 10.3 Å². The summed E-state index contributed by atoms with van der Waals surface area (Å²) in [5.74, 6) is 0.406. The number of amides is 1. The molecule has 2 rings (SSSR count). The van der Waals surface area contributed by atoms with E-state index in [0.29, 0.717) is 29.9 Å². The van der Waals surface area contributed by atoms with E-state index in [0.717, 1.165) is 18.0 Å². The number of anilines is 2. The van der Waals surface area contributed by atoms with Gasteiger partial charge in [-0.15, -0.1) is 0 Å². The van der Waals surface area contributed by atoms with E-state index in [-0.39, 0.29) is 11.8 Å². The Labute approximate surface area is 123 Å². The first-order valence-corrected chi connectivity index (χ1v) is 7.71. The van der Waals surface area contributed by atoms with E-state index < -0.39 is 0 Å². The van der Waals surface area contributed by atoms with Gasteiger partial charge in [0, 0.05) is 19.7 Å². The average Bonchev–Trinajstić information content (AvgIpc) is 2.73. The van der Waals surface area contributed by atoms with Crippen LogP contribution in [0.3, 0.4) is 0 Å². The number of nitrogens with two attached hydrogens (primary N) is 1. The second kappa shape index (κ2) is 6.90. The van der Waals surface area contributed by atoms with Crippen molar-refractivity contribution in [3.8, 4) is 0 Å². The van der Waals surface area contributed by atoms with Gasteiger partial charge in [0.05, 0.1) is 6.61 Å². The molecule has 1 unspecified atom stereocenters. The van der Waals surface area contributed by atoms with Gasteiger partial charge in [-0.25, -0.2) is 4.98 Å². The number of hydrogen-bond donors (Lipinski definition) is 3. The fourth-order valence-electron chi connectivity index (χ4n) is 1.97. The lowest BCUT2D eigenvalue weighted by molar-refractivity contribution is 0.0939. The first-order valence-electron chi connectivity index (χ1n) is 6.90. The number of thiazole rings is 1. The van der Waals surface area contributed by atoms with Crippen LogP contribution in [-0.4, -0.2) is 37.2 Å². The molecule has 1 fully saturated rings. The Morgan fingerprint density at radius 2 is 2.35 bits per heavy atom. The fourth-order valence-corrected chi connectivity index (χ4v) is 2.85. The number of ether oxygens (including phenoxy) is 1. The number of aromatic nitrogens is 1. The summed E-state index contributed by atoms with van der Waals surface area (Å²) < 4.78 is 5.04. The predicted octanol–water partition coefficient (Wildman–Crippen LogP) is 1.70. The standard InChI is InChI=1S/C13H22N4O2S/c1-8(7-19-2)6-15-12(18)10-11(14)17-13(20-10)16-9-4-3-5-9/h8-9H,3-7,14H2,1-2H3,(H,15,18)(H,16,17). The molecule has 4 N–H and O–H groups in total. The minimum Gasteiger partial charge on any atom is -0.384 e. The molecule has 1 aromatic rings. The monoisotopic (exact) mass is 298 g/mol. The number of nitrogen functional groups attached to an aromatic ring is 1. The molecule has 112 valence electrons. The van der Waals surface area contributed by atoms with Gasteiger partial charge < -0.3 is 21.1 Å². The molecule has 1 heterocycles. The summed E-state index contributed by atoms with van der Waals surface area (Å²) >= 11 is 1.32. The minimum atomic E-state index is -0.162. The van der Waals surface area contributed by atoms with Crippen molar-refractivity contribution in [2.45, 2.75) is 32.2 Å². The van der Waals surface area contributed by atoms with Crippen LogP contribution in [0.4, 0.5) is 10.9 Å². The molecule has 1 atom stereocenters. The summed E-state index contributed by atoms with van der Waals surface area (Å²) in [6, 6.07) is 0.484. The molecule has 1 aromatic heterocycles. The maximum absolute atomic E-state index is 12.1. The third-order valence-electron chi connectivity index (χ3n) is 3.35. The van der Waals surface area contributed by atoms with Crippen LogP contribution in [0.2, 0.25) is 0 Å². The van der Waals surface area contributed by atoms with Crippen molar-refractivity contribution in [3.05, 3.63) is 4.88 Å². The van der Waals surface area contributed by atoms with Crippen LogP contribution in [-0.2, 0) is 4.74 Å². The van der Waals surface area contributed by atoms with E-state index in [1.165, 1.54) is 17.8 Å². The average molecular weight is 298 g/mol. The summed E-state index contributed by atoms with van der Waals surface area (Å²) in [6.45, 7) is 3.20. The Morgan fingerprint density at radius 3 is 2.95 bits per heavy atom. The highest BCUT2D eigenvalue weighted by atomic mass is 32.1. The Bertz CT molecular complexity index is 459. The molecular weight excluding hydrogens is 276 g/mol. The Morgan fingerprint density at radius 1 is 1.60 bits per heavy atom. The van der Waals surface area contributed by atoms with Crippen molar-refractivity contribution in [1.29, 1.82) is 0 Å². The van der Waals surface area contributed by atoms with Crippen molar-refractivity contribution in [2.24, 2.45) is 5.92 Å². The van der Waals surface area contributed by atoms with Crippen LogP contribution in [0.1, 0.15) is 35.9 Å². The lowest BCUT2D eigenvalue weighted by Crippen LogP contribution is -2.29. The first-order chi connectivity index (χ1) is 9.60. The van der Waals surface area contributed by atoms with Gasteiger partial charge >= 0.3 is 0 Å². The first kappa shape index (κ1) is 15.1.